The molecule has 0 saturated carbocycles. The van der Waals surface area contributed by atoms with E-state index in [0.29, 0.717) is 8.95 Å². The van der Waals surface area contributed by atoms with Crippen molar-refractivity contribution in [3.05, 3.63) is 32.2 Å². The highest BCUT2D eigenvalue weighted by atomic mass is 79.9. The zero-order chi connectivity index (χ0) is 10.9. The van der Waals surface area contributed by atoms with E-state index < -0.39 is 6.43 Å². The van der Waals surface area contributed by atoms with Crippen LogP contribution in [0.2, 0.25) is 0 Å². The number of benzene rings is 1. The lowest BCUT2D eigenvalue weighted by Crippen LogP contribution is -1.97. The SMILES string of the molecule is CC(=O)c1cc(C(F)F)cc(Br)c1Br. The lowest BCUT2D eigenvalue weighted by molar-refractivity contribution is 0.101. The third-order valence-electron chi connectivity index (χ3n) is 1.68. The molecule has 0 fully saturated rings. The highest BCUT2D eigenvalue weighted by Crippen LogP contribution is 2.32. The summed E-state index contributed by atoms with van der Waals surface area (Å²) in [6.45, 7) is 1.34. The molecule has 0 N–H and O–H groups in total. The molecule has 0 saturated heterocycles. The van der Waals surface area contributed by atoms with Gasteiger partial charge in [0.05, 0.1) is 0 Å². The molecule has 0 heterocycles. The number of rotatable bonds is 2. The minimum Gasteiger partial charge on any atom is -0.294 e. The van der Waals surface area contributed by atoms with E-state index in [4.69, 9.17) is 0 Å². The maximum Gasteiger partial charge on any atom is 0.263 e. The summed E-state index contributed by atoms with van der Waals surface area (Å²) >= 11 is 6.25. The Morgan fingerprint density at radius 3 is 2.36 bits per heavy atom. The number of ketones is 1. The number of carbonyl (C=O) groups is 1. The zero-order valence-corrected chi connectivity index (χ0v) is 10.3. The number of Topliss-reactive ketones (excluding diaryl/α,β-unsaturated/α-hetero) is 1. The van der Waals surface area contributed by atoms with Crippen molar-refractivity contribution < 1.29 is 13.6 Å². The topological polar surface area (TPSA) is 17.1 Å². The highest BCUT2D eigenvalue weighted by Gasteiger charge is 2.15. The van der Waals surface area contributed by atoms with Gasteiger partial charge in [-0.15, -0.1) is 0 Å². The average Bonchev–Trinajstić information content (AvgIpc) is 2.08. The monoisotopic (exact) mass is 326 g/mol. The van der Waals surface area contributed by atoms with E-state index in [1.54, 1.807) is 0 Å². The second-order valence-corrected chi connectivity index (χ2v) is 4.37. The van der Waals surface area contributed by atoms with Crippen molar-refractivity contribution in [1.29, 1.82) is 0 Å². The molecule has 0 atom stereocenters. The largest absolute Gasteiger partial charge is 0.294 e. The maximum absolute atomic E-state index is 12.4. The molecule has 0 spiro atoms. The van der Waals surface area contributed by atoms with Crippen LogP contribution in [0, 0.1) is 0 Å². The molecule has 0 aliphatic carbocycles. The van der Waals surface area contributed by atoms with E-state index >= 15 is 0 Å². The molecule has 0 aliphatic rings. The fourth-order valence-electron chi connectivity index (χ4n) is 0.992. The molecule has 0 amide bonds. The first kappa shape index (κ1) is 11.8. The zero-order valence-electron chi connectivity index (χ0n) is 7.15. The first-order valence-corrected chi connectivity index (χ1v) is 5.30. The number of alkyl halides is 2. The molecule has 0 bridgehead atoms. The Kier molecular flexibility index (Phi) is 3.78. The van der Waals surface area contributed by atoms with Gasteiger partial charge in [0, 0.05) is 20.1 Å². The van der Waals surface area contributed by atoms with Crippen LogP contribution in [0.15, 0.2) is 21.1 Å². The molecule has 0 radical (unpaired) electrons. The maximum atomic E-state index is 12.4. The van der Waals surface area contributed by atoms with E-state index in [0.717, 1.165) is 0 Å². The van der Waals surface area contributed by atoms with Crippen molar-refractivity contribution in [1.82, 2.24) is 0 Å². The molecular weight excluding hydrogens is 322 g/mol. The fraction of sp³-hybridized carbons (Fsp3) is 0.222. The van der Waals surface area contributed by atoms with Crippen LogP contribution >= 0.6 is 31.9 Å². The quantitative estimate of drug-likeness (QED) is 0.738. The molecule has 0 unspecified atom stereocenters. The van der Waals surface area contributed by atoms with E-state index in [1.165, 1.54) is 19.1 Å². The highest BCUT2D eigenvalue weighted by molar-refractivity contribution is 9.13. The van der Waals surface area contributed by atoms with Crippen LogP contribution in [0.1, 0.15) is 29.3 Å². The predicted octanol–water partition coefficient (Wildman–Crippen LogP) is 4.35. The molecule has 14 heavy (non-hydrogen) atoms. The normalized spacial score (nSPS) is 10.7. The summed E-state index contributed by atoms with van der Waals surface area (Å²) < 4.78 is 25.7. The molecular formula is C9H6Br2F2O. The van der Waals surface area contributed by atoms with Crippen molar-refractivity contribution >= 4 is 37.6 Å². The Balaban J connectivity index is 3.35. The Morgan fingerprint density at radius 1 is 1.36 bits per heavy atom. The number of halogens is 4. The summed E-state index contributed by atoms with van der Waals surface area (Å²) in [7, 11) is 0. The molecule has 5 heteroatoms. The standard InChI is InChI=1S/C9H6Br2F2O/c1-4(14)6-2-5(9(12)13)3-7(10)8(6)11/h2-3,9H,1H3. The van der Waals surface area contributed by atoms with Crippen molar-refractivity contribution in [2.75, 3.05) is 0 Å². The van der Waals surface area contributed by atoms with Gasteiger partial charge in [-0.25, -0.2) is 8.78 Å². The molecule has 76 valence electrons. The summed E-state index contributed by atoms with van der Waals surface area (Å²) in [6, 6.07) is 2.49. The Bertz CT molecular complexity index is 377. The molecule has 1 aromatic carbocycles. The van der Waals surface area contributed by atoms with Crippen molar-refractivity contribution in [3.8, 4) is 0 Å². The first-order valence-electron chi connectivity index (χ1n) is 3.71. The second kappa shape index (κ2) is 4.49. The fourth-order valence-corrected chi connectivity index (χ4v) is 1.98. The van der Waals surface area contributed by atoms with E-state index in [1.807, 2.05) is 0 Å². The Hall–Kier alpha value is -0.290. The van der Waals surface area contributed by atoms with Crippen LogP contribution in [-0.4, -0.2) is 5.78 Å². The van der Waals surface area contributed by atoms with Crippen molar-refractivity contribution in [2.45, 2.75) is 13.3 Å². The van der Waals surface area contributed by atoms with Gasteiger partial charge in [0.25, 0.3) is 6.43 Å². The minimum atomic E-state index is -2.57. The van der Waals surface area contributed by atoms with Crippen LogP contribution < -0.4 is 0 Å². The summed E-state index contributed by atoms with van der Waals surface area (Å²) in [5.41, 5.74) is 0.0972. The molecule has 0 aromatic heterocycles. The van der Waals surface area contributed by atoms with Gasteiger partial charge in [0.1, 0.15) is 0 Å². The summed E-state index contributed by atoms with van der Waals surface area (Å²) in [4.78, 5) is 11.1. The van der Waals surface area contributed by atoms with Crippen molar-refractivity contribution in [2.24, 2.45) is 0 Å². The third-order valence-corrected chi connectivity index (χ3v) is 3.69. The second-order valence-electron chi connectivity index (χ2n) is 2.72. The van der Waals surface area contributed by atoms with Gasteiger partial charge in [-0.3, -0.25) is 4.79 Å². The predicted molar refractivity (Wildman–Crippen MR) is 56.8 cm³/mol. The van der Waals surface area contributed by atoms with Gasteiger partial charge < -0.3 is 0 Å². The number of hydrogen-bond donors (Lipinski definition) is 0. The van der Waals surface area contributed by atoms with Crippen LogP contribution in [0.3, 0.4) is 0 Å². The minimum absolute atomic E-state index is 0.162. The first-order chi connectivity index (χ1) is 6.43. The van der Waals surface area contributed by atoms with Crippen LogP contribution in [-0.2, 0) is 0 Å². The summed E-state index contributed by atoms with van der Waals surface area (Å²) in [5.74, 6) is -0.250. The summed E-state index contributed by atoms with van der Waals surface area (Å²) in [6.07, 6.45) is -2.57. The van der Waals surface area contributed by atoms with Crippen LogP contribution in [0.25, 0.3) is 0 Å². The van der Waals surface area contributed by atoms with E-state index in [9.17, 15) is 13.6 Å². The summed E-state index contributed by atoms with van der Waals surface area (Å²) in [5, 5.41) is 0. The van der Waals surface area contributed by atoms with Gasteiger partial charge in [-0.05, 0) is 50.9 Å². The molecule has 1 nitrogen and oxygen atoms in total. The lowest BCUT2D eigenvalue weighted by atomic mass is 10.1. The Morgan fingerprint density at radius 2 is 1.93 bits per heavy atom. The third kappa shape index (κ3) is 2.39. The van der Waals surface area contributed by atoms with Gasteiger partial charge in [-0.1, -0.05) is 0 Å². The lowest BCUT2D eigenvalue weighted by Gasteiger charge is -2.06. The van der Waals surface area contributed by atoms with Gasteiger partial charge in [-0.2, -0.15) is 0 Å². The molecule has 1 rings (SSSR count). The molecule has 0 aliphatic heterocycles. The molecule has 1 aromatic rings. The van der Waals surface area contributed by atoms with E-state index in [2.05, 4.69) is 31.9 Å². The van der Waals surface area contributed by atoms with Gasteiger partial charge >= 0.3 is 0 Å². The Labute approximate surface area is 96.8 Å². The van der Waals surface area contributed by atoms with Gasteiger partial charge in [0.15, 0.2) is 5.78 Å². The van der Waals surface area contributed by atoms with E-state index in [-0.39, 0.29) is 16.9 Å². The number of hydrogen-bond acceptors (Lipinski definition) is 1. The average molecular weight is 328 g/mol. The van der Waals surface area contributed by atoms with Crippen molar-refractivity contribution in [3.63, 3.8) is 0 Å². The smallest absolute Gasteiger partial charge is 0.263 e. The van der Waals surface area contributed by atoms with Gasteiger partial charge in [0.2, 0.25) is 0 Å². The van der Waals surface area contributed by atoms with Crippen LogP contribution in [0.5, 0.6) is 0 Å². The number of carbonyl (C=O) groups excluding carboxylic acids is 1. The van der Waals surface area contributed by atoms with Crippen LogP contribution in [0.4, 0.5) is 8.78 Å².